The van der Waals surface area contributed by atoms with Crippen LogP contribution in [0.15, 0.2) is 42.5 Å². The van der Waals surface area contributed by atoms with Gasteiger partial charge in [-0.25, -0.2) is 4.79 Å². The molecule has 168 valence electrons. The number of rotatable bonds is 9. The second-order valence-corrected chi connectivity index (χ2v) is 9.50. The molecule has 3 rings (SSSR count). The van der Waals surface area contributed by atoms with Gasteiger partial charge in [-0.1, -0.05) is 12.1 Å². The van der Waals surface area contributed by atoms with E-state index in [0.29, 0.717) is 18.1 Å². The SMILES string of the molecule is CC(C)(Oc1cccc(CCCN2CCOc3cc(OS(C)(=O)=O)ccc32)c1)C(=O)O. The van der Waals surface area contributed by atoms with Crippen LogP contribution in [0.1, 0.15) is 25.8 Å². The Morgan fingerprint density at radius 2 is 1.97 bits per heavy atom. The molecule has 2 aromatic rings. The molecule has 0 radical (unpaired) electrons. The molecule has 9 heteroatoms. The minimum absolute atomic E-state index is 0.226. The molecule has 2 aromatic carbocycles. The summed E-state index contributed by atoms with van der Waals surface area (Å²) in [5, 5.41) is 9.23. The van der Waals surface area contributed by atoms with Gasteiger partial charge >= 0.3 is 16.1 Å². The van der Waals surface area contributed by atoms with E-state index in [1.54, 1.807) is 24.3 Å². The van der Waals surface area contributed by atoms with Gasteiger partial charge in [0.2, 0.25) is 0 Å². The van der Waals surface area contributed by atoms with Gasteiger partial charge in [0.05, 0.1) is 18.5 Å². The molecular formula is C22H27NO7S. The molecule has 0 unspecified atom stereocenters. The molecule has 31 heavy (non-hydrogen) atoms. The molecule has 0 amide bonds. The molecule has 0 atom stereocenters. The highest BCUT2D eigenvalue weighted by Crippen LogP contribution is 2.35. The van der Waals surface area contributed by atoms with Crippen LogP contribution in [0.25, 0.3) is 0 Å². The van der Waals surface area contributed by atoms with Gasteiger partial charge in [0.25, 0.3) is 0 Å². The Morgan fingerprint density at radius 1 is 1.19 bits per heavy atom. The Labute approximate surface area is 182 Å². The fourth-order valence-corrected chi connectivity index (χ4v) is 3.75. The predicted molar refractivity (Wildman–Crippen MR) is 117 cm³/mol. The topological polar surface area (TPSA) is 102 Å². The summed E-state index contributed by atoms with van der Waals surface area (Å²) in [6.45, 7) is 5.06. The summed E-state index contributed by atoms with van der Waals surface area (Å²) in [5.74, 6) is 0.330. The maximum atomic E-state index is 11.3. The van der Waals surface area contributed by atoms with Crippen LogP contribution in [0.5, 0.6) is 17.2 Å². The quantitative estimate of drug-likeness (QED) is 0.583. The first kappa shape index (κ1) is 22.7. The van der Waals surface area contributed by atoms with Crippen LogP contribution in [-0.2, 0) is 21.3 Å². The number of hydrogen-bond donors (Lipinski definition) is 1. The fourth-order valence-electron chi connectivity index (χ4n) is 3.29. The summed E-state index contributed by atoms with van der Waals surface area (Å²) in [6, 6.07) is 12.5. The van der Waals surface area contributed by atoms with Crippen LogP contribution < -0.4 is 18.6 Å². The lowest BCUT2D eigenvalue weighted by molar-refractivity contribution is -0.152. The van der Waals surface area contributed by atoms with Crippen molar-refractivity contribution in [3.63, 3.8) is 0 Å². The van der Waals surface area contributed by atoms with Crippen molar-refractivity contribution in [1.29, 1.82) is 0 Å². The molecule has 0 bridgehead atoms. The van der Waals surface area contributed by atoms with E-state index >= 15 is 0 Å². The Balaban J connectivity index is 1.61. The second kappa shape index (κ2) is 9.05. The largest absolute Gasteiger partial charge is 0.489 e. The molecule has 0 aromatic heterocycles. The smallest absolute Gasteiger partial charge is 0.347 e. The highest BCUT2D eigenvalue weighted by atomic mass is 32.2. The van der Waals surface area contributed by atoms with Gasteiger partial charge in [-0.3, -0.25) is 0 Å². The van der Waals surface area contributed by atoms with Crippen LogP contribution in [-0.4, -0.2) is 51.0 Å². The lowest BCUT2D eigenvalue weighted by Crippen LogP contribution is -2.37. The van der Waals surface area contributed by atoms with Gasteiger partial charge in [-0.05, 0) is 56.5 Å². The summed E-state index contributed by atoms with van der Waals surface area (Å²) in [5.41, 5.74) is 0.659. The van der Waals surface area contributed by atoms with E-state index in [4.69, 9.17) is 13.7 Å². The van der Waals surface area contributed by atoms with Crippen molar-refractivity contribution in [2.75, 3.05) is 30.9 Å². The number of aliphatic carboxylic acids is 1. The second-order valence-electron chi connectivity index (χ2n) is 7.92. The molecule has 1 N–H and O–H groups in total. The minimum atomic E-state index is -3.59. The van der Waals surface area contributed by atoms with E-state index < -0.39 is 21.7 Å². The average Bonchev–Trinajstić information content (AvgIpc) is 2.66. The van der Waals surface area contributed by atoms with Crippen LogP contribution in [0.2, 0.25) is 0 Å². The monoisotopic (exact) mass is 449 g/mol. The molecule has 0 aliphatic carbocycles. The third kappa shape index (κ3) is 6.27. The molecule has 8 nitrogen and oxygen atoms in total. The number of benzene rings is 2. The number of carboxylic acid groups (broad SMARTS) is 1. The zero-order valence-electron chi connectivity index (χ0n) is 17.8. The van der Waals surface area contributed by atoms with E-state index in [1.807, 2.05) is 18.2 Å². The maximum Gasteiger partial charge on any atom is 0.347 e. The summed E-state index contributed by atoms with van der Waals surface area (Å²) in [4.78, 5) is 13.5. The molecule has 1 aliphatic heterocycles. The Bertz CT molecular complexity index is 1050. The van der Waals surface area contributed by atoms with Crippen LogP contribution >= 0.6 is 0 Å². The summed E-state index contributed by atoms with van der Waals surface area (Å²) in [6.07, 6.45) is 2.67. The number of ether oxygens (including phenoxy) is 2. The molecule has 0 spiro atoms. The van der Waals surface area contributed by atoms with Crippen molar-refractivity contribution in [3.8, 4) is 17.2 Å². The molecule has 0 saturated heterocycles. The fraction of sp³-hybridized carbons (Fsp3) is 0.409. The number of carbonyl (C=O) groups is 1. The summed E-state index contributed by atoms with van der Waals surface area (Å²) in [7, 11) is -3.59. The van der Waals surface area contributed by atoms with Gasteiger partial charge in [-0.2, -0.15) is 8.42 Å². The number of anilines is 1. The van der Waals surface area contributed by atoms with Crippen LogP contribution in [0.3, 0.4) is 0 Å². The first-order chi connectivity index (χ1) is 14.5. The van der Waals surface area contributed by atoms with E-state index in [1.165, 1.54) is 13.8 Å². The van der Waals surface area contributed by atoms with Gasteiger partial charge in [0.15, 0.2) is 5.60 Å². The van der Waals surface area contributed by atoms with Crippen molar-refractivity contribution >= 4 is 21.8 Å². The number of fused-ring (bicyclic) bond motifs is 1. The zero-order valence-corrected chi connectivity index (χ0v) is 18.6. The Morgan fingerprint density at radius 3 is 2.68 bits per heavy atom. The van der Waals surface area contributed by atoms with Gasteiger partial charge in [-0.15, -0.1) is 0 Å². The van der Waals surface area contributed by atoms with Gasteiger partial charge in [0, 0.05) is 12.6 Å². The van der Waals surface area contributed by atoms with E-state index in [-0.39, 0.29) is 5.75 Å². The predicted octanol–water partition coefficient (Wildman–Crippen LogP) is 3.10. The van der Waals surface area contributed by atoms with Crippen molar-refractivity contribution < 1.29 is 32.0 Å². The Hall–Kier alpha value is -2.94. The van der Waals surface area contributed by atoms with E-state index in [2.05, 4.69) is 4.90 Å². The highest BCUT2D eigenvalue weighted by molar-refractivity contribution is 7.86. The minimum Gasteiger partial charge on any atom is -0.489 e. The van der Waals surface area contributed by atoms with Gasteiger partial charge in [0.1, 0.15) is 23.9 Å². The average molecular weight is 450 g/mol. The summed E-state index contributed by atoms with van der Waals surface area (Å²) >= 11 is 0. The van der Waals surface area contributed by atoms with Crippen molar-refractivity contribution in [2.45, 2.75) is 32.3 Å². The maximum absolute atomic E-state index is 11.3. The van der Waals surface area contributed by atoms with Crippen LogP contribution in [0.4, 0.5) is 5.69 Å². The first-order valence-electron chi connectivity index (χ1n) is 9.96. The van der Waals surface area contributed by atoms with Crippen molar-refractivity contribution in [1.82, 2.24) is 0 Å². The molecule has 1 heterocycles. The number of carboxylic acids is 1. The lowest BCUT2D eigenvalue weighted by Gasteiger charge is -2.31. The van der Waals surface area contributed by atoms with Crippen LogP contribution in [0, 0.1) is 0 Å². The highest BCUT2D eigenvalue weighted by Gasteiger charge is 2.29. The molecular weight excluding hydrogens is 422 g/mol. The standard InChI is InChI=1S/C22H27NO7S/c1-22(2,21(24)25)29-17-8-4-6-16(14-17)7-5-11-23-12-13-28-20-15-18(9-10-19(20)23)30-31(3,26)27/h4,6,8-10,14-15H,5,7,11-13H2,1-3H3,(H,24,25). The molecule has 0 fully saturated rings. The molecule has 0 saturated carbocycles. The Kier molecular flexibility index (Phi) is 6.64. The number of aryl methyl sites for hydroxylation is 1. The third-order valence-corrected chi connectivity index (χ3v) is 5.31. The van der Waals surface area contributed by atoms with E-state index in [9.17, 15) is 18.3 Å². The van der Waals surface area contributed by atoms with Crippen molar-refractivity contribution in [3.05, 3.63) is 48.0 Å². The summed E-state index contributed by atoms with van der Waals surface area (Å²) < 4.78 is 38.9. The number of nitrogens with zero attached hydrogens (tertiary/aromatic N) is 1. The van der Waals surface area contributed by atoms with Crippen molar-refractivity contribution in [2.24, 2.45) is 0 Å². The zero-order chi connectivity index (χ0) is 22.6. The van der Waals surface area contributed by atoms with Gasteiger partial charge < -0.3 is 23.7 Å². The first-order valence-corrected chi connectivity index (χ1v) is 11.8. The third-order valence-electron chi connectivity index (χ3n) is 4.82. The normalized spacial score (nSPS) is 13.8. The lowest BCUT2D eigenvalue weighted by atomic mass is 10.1. The molecule has 1 aliphatic rings. The number of hydrogen-bond acceptors (Lipinski definition) is 7. The van der Waals surface area contributed by atoms with E-state index in [0.717, 1.165) is 43.4 Å².